The van der Waals surface area contributed by atoms with Crippen LogP contribution in [0.4, 0.5) is 5.82 Å². The molecule has 1 heterocycles. The minimum absolute atomic E-state index is 0.447. The molecule has 0 aromatic carbocycles. The van der Waals surface area contributed by atoms with Gasteiger partial charge in [-0.1, -0.05) is 19.9 Å². The minimum atomic E-state index is 0.447. The third-order valence-electron chi connectivity index (χ3n) is 4.47. The van der Waals surface area contributed by atoms with Gasteiger partial charge in [-0.05, 0) is 35.7 Å². The van der Waals surface area contributed by atoms with Gasteiger partial charge in [-0.15, -0.1) is 0 Å². The second kappa shape index (κ2) is 4.19. The lowest BCUT2D eigenvalue weighted by Crippen LogP contribution is -2.48. The van der Waals surface area contributed by atoms with E-state index in [1.165, 1.54) is 18.4 Å². The molecule has 0 spiro atoms. The van der Waals surface area contributed by atoms with E-state index in [1.807, 2.05) is 6.21 Å². The lowest BCUT2D eigenvalue weighted by Gasteiger charge is -2.55. The zero-order valence-corrected chi connectivity index (χ0v) is 10.8. The molecule has 1 aromatic heterocycles. The zero-order valence-electron chi connectivity index (χ0n) is 10.8. The molecule has 3 aliphatic rings. The summed E-state index contributed by atoms with van der Waals surface area (Å²) < 4.78 is 0. The molecule has 4 heteroatoms. The number of anilines is 1. The Kier molecular flexibility index (Phi) is 2.65. The van der Waals surface area contributed by atoms with Crippen LogP contribution in [-0.2, 0) is 0 Å². The lowest BCUT2D eigenvalue weighted by molar-refractivity contribution is -0.00124. The number of hydrazone groups is 1. The fourth-order valence-corrected chi connectivity index (χ4v) is 3.07. The molecular formula is C14H18N4. The van der Waals surface area contributed by atoms with Crippen molar-refractivity contribution in [2.24, 2.45) is 22.4 Å². The van der Waals surface area contributed by atoms with E-state index >= 15 is 0 Å². The predicted octanol–water partition coefficient (Wildman–Crippen LogP) is 2.87. The third-order valence-corrected chi connectivity index (χ3v) is 4.47. The highest BCUT2D eigenvalue weighted by molar-refractivity contribution is 5.81. The number of allylic oxidation sites excluding steroid dienone is 2. The predicted molar refractivity (Wildman–Crippen MR) is 72.2 cm³/mol. The summed E-state index contributed by atoms with van der Waals surface area (Å²) in [5.74, 6) is 2.21. The Bertz CT molecular complexity index is 490. The zero-order chi connectivity index (χ0) is 12.6. The van der Waals surface area contributed by atoms with Crippen molar-refractivity contribution < 1.29 is 0 Å². The van der Waals surface area contributed by atoms with Crippen LogP contribution >= 0.6 is 0 Å². The minimum Gasteiger partial charge on any atom is -0.260 e. The maximum Gasteiger partial charge on any atom is 0.164 e. The normalized spacial score (nSPS) is 28.7. The van der Waals surface area contributed by atoms with Crippen LogP contribution in [0, 0.1) is 17.3 Å². The van der Waals surface area contributed by atoms with Crippen molar-refractivity contribution in [2.75, 3.05) is 5.43 Å². The summed E-state index contributed by atoms with van der Waals surface area (Å²) >= 11 is 0. The first-order chi connectivity index (χ1) is 8.68. The van der Waals surface area contributed by atoms with Crippen LogP contribution in [0.25, 0.3) is 0 Å². The molecule has 1 aromatic rings. The van der Waals surface area contributed by atoms with Crippen molar-refractivity contribution in [3.63, 3.8) is 0 Å². The average Bonchev–Trinajstić information content (AvgIpc) is 2.40. The van der Waals surface area contributed by atoms with Crippen LogP contribution in [0.15, 0.2) is 35.3 Å². The molecular weight excluding hydrogens is 224 g/mol. The summed E-state index contributed by atoms with van der Waals surface area (Å²) in [7, 11) is 0. The third kappa shape index (κ3) is 1.82. The number of nitrogens with one attached hydrogen (secondary N) is 1. The van der Waals surface area contributed by atoms with E-state index in [1.54, 1.807) is 18.6 Å². The van der Waals surface area contributed by atoms with Gasteiger partial charge in [0, 0.05) is 12.4 Å². The number of nitrogens with zero attached hydrogens (tertiary/aromatic N) is 3. The number of aromatic nitrogens is 2. The van der Waals surface area contributed by atoms with Crippen LogP contribution in [-0.4, -0.2) is 16.2 Å². The number of hydrogen-bond donors (Lipinski definition) is 1. The van der Waals surface area contributed by atoms with E-state index in [0.717, 1.165) is 5.92 Å². The summed E-state index contributed by atoms with van der Waals surface area (Å²) in [6.07, 6.45) is 11.7. The molecule has 0 aliphatic heterocycles. The van der Waals surface area contributed by atoms with Crippen molar-refractivity contribution in [3.05, 3.63) is 30.2 Å². The summed E-state index contributed by atoms with van der Waals surface area (Å²) in [6, 6.07) is 0. The first-order valence-electron chi connectivity index (χ1n) is 6.43. The Hall–Kier alpha value is -1.71. The molecule has 2 unspecified atom stereocenters. The standard InChI is InChI=1S/C14H18N4/c1-14(2)11-4-3-10(12(14)7-11)8-17-18-13-9-15-5-6-16-13/h3,5-6,8-9,11-12H,4,7H2,1-2H3,(H,16,18)/b17-8+. The summed E-state index contributed by atoms with van der Waals surface area (Å²) in [5, 5.41) is 4.26. The number of fused-ring (bicyclic) bond motifs is 1. The molecule has 1 fully saturated rings. The van der Waals surface area contributed by atoms with Crippen LogP contribution in [0.2, 0.25) is 0 Å². The van der Waals surface area contributed by atoms with Crippen molar-refractivity contribution in [3.8, 4) is 0 Å². The molecule has 18 heavy (non-hydrogen) atoms. The van der Waals surface area contributed by atoms with Gasteiger partial charge in [0.1, 0.15) is 0 Å². The van der Waals surface area contributed by atoms with E-state index < -0.39 is 0 Å². The van der Waals surface area contributed by atoms with Gasteiger partial charge >= 0.3 is 0 Å². The van der Waals surface area contributed by atoms with Crippen molar-refractivity contribution >= 4 is 12.0 Å². The second-order valence-corrected chi connectivity index (χ2v) is 5.71. The molecule has 4 nitrogen and oxygen atoms in total. The first-order valence-corrected chi connectivity index (χ1v) is 6.43. The Balaban J connectivity index is 1.65. The van der Waals surface area contributed by atoms with Crippen LogP contribution < -0.4 is 5.43 Å². The summed E-state index contributed by atoms with van der Waals surface area (Å²) in [6.45, 7) is 4.73. The highest BCUT2D eigenvalue weighted by Crippen LogP contribution is 2.58. The fourth-order valence-electron chi connectivity index (χ4n) is 3.07. The lowest BCUT2D eigenvalue weighted by atomic mass is 9.49. The molecule has 0 amide bonds. The van der Waals surface area contributed by atoms with Gasteiger partial charge < -0.3 is 0 Å². The maximum atomic E-state index is 4.26. The van der Waals surface area contributed by atoms with Crippen LogP contribution in [0.3, 0.4) is 0 Å². The molecule has 2 atom stereocenters. The van der Waals surface area contributed by atoms with E-state index in [-0.39, 0.29) is 0 Å². The Morgan fingerprint density at radius 3 is 3.00 bits per heavy atom. The highest BCUT2D eigenvalue weighted by Gasteiger charge is 2.50. The molecule has 1 saturated carbocycles. The first kappa shape index (κ1) is 11.4. The molecule has 94 valence electrons. The van der Waals surface area contributed by atoms with Gasteiger partial charge in [-0.25, -0.2) is 4.98 Å². The highest BCUT2D eigenvalue weighted by atomic mass is 15.3. The summed E-state index contributed by atoms with van der Waals surface area (Å²) in [5.41, 5.74) is 4.72. The SMILES string of the molecule is CC1(C)C2CC=C(/C=N/Nc3cnccn3)C1C2. The number of rotatable bonds is 3. The van der Waals surface area contributed by atoms with Crippen LogP contribution in [0.5, 0.6) is 0 Å². The maximum absolute atomic E-state index is 4.26. The molecule has 0 radical (unpaired) electrons. The molecule has 3 aliphatic carbocycles. The van der Waals surface area contributed by atoms with Gasteiger partial charge in [0.15, 0.2) is 5.82 Å². The average molecular weight is 242 g/mol. The molecule has 4 rings (SSSR count). The molecule has 2 bridgehead atoms. The smallest absolute Gasteiger partial charge is 0.164 e. The van der Waals surface area contributed by atoms with Crippen molar-refractivity contribution in [1.29, 1.82) is 0 Å². The van der Waals surface area contributed by atoms with Gasteiger partial charge in [0.2, 0.25) is 0 Å². The van der Waals surface area contributed by atoms with E-state index in [0.29, 0.717) is 17.2 Å². The van der Waals surface area contributed by atoms with Crippen LogP contribution in [0.1, 0.15) is 26.7 Å². The Morgan fingerprint density at radius 2 is 2.33 bits per heavy atom. The number of hydrogen-bond acceptors (Lipinski definition) is 4. The molecule has 0 saturated heterocycles. The van der Waals surface area contributed by atoms with Gasteiger partial charge in [-0.2, -0.15) is 5.10 Å². The van der Waals surface area contributed by atoms with Gasteiger partial charge in [-0.3, -0.25) is 10.4 Å². The second-order valence-electron chi connectivity index (χ2n) is 5.71. The monoisotopic (exact) mass is 242 g/mol. The Labute approximate surface area is 107 Å². The quantitative estimate of drug-likeness (QED) is 0.655. The Morgan fingerprint density at radius 1 is 1.44 bits per heavy atom. The summed E-state index contributed by atoms with van der Waals surface area (Å²) in [4.78, 5) is 8.09. The van der Waals surface area contributed by atoms with E-state index in [2.05, 4.69) is 40.4 Å². The fraction of sp³-hybridized carbons (Fsp3) is 0.500. The van der Waals surface area contributed by atoms with Crippen molar-refractivity contribution in [1.82, 2.24) is 9.97 Å². The topological polar surface area (TPSA) is 50.2 Å². The van der Waals surface area contributed by atoms with E-state index in [9.17, 15) is 0 Å². The van der Waals surface area contributed by atoms with E-state index in [4.69, 9.17) is 0 Å². The van der Waals surface area contributed by atoms with Gasteiger partial charge in [0.05, 0.1) is 12.4 Å². The van der Waals surface area contributed by atoms with Gasteiger partial charge in [0.25, 0.3) is 0 Å². The van der Waals surface area contributed by atoms with Crippen molar-refractivity contribution in [2.45, 2.75) is 26.7 Å². The molecule has 1 N–H and O–H groups in total. The largest absolute Gasteiger partial charge is 0.260 e.